The number of hydrogen-bond acceptors (Lipinski definition) is 6. The summed E-state index contributed by atoms with van der Waals surface area (Å²) >= 11 is 0. The SMILES string of the molecule is CCOc1cc2c(cc1OC)C(O)CN(C(=O)N1CCOCC1)C2CCc1c[nH]c2ccc(OC)cc12. The third-order valence-corrected chi connectivity index (χ3v) is 7.32. The van der Waals surface area contributed by atoms with Crippen LogP contribution < -0.4 is 14.2 Å². The van der Waals surface area contributed by atoms with Crippen molar-refractivity contribution in [2.24, 2.45) is 0 Å². The Bertz CT molecular complexity index is 1250. The van der Waals surface area contributed by atoms with Gasteiger partial charge in [-0.3, -0.25) is 0 Å². The summed E-state index contributed by atoms with van der Waals surface area (Å²) in [5, 5.41) is 12.2. The average Bonchev–Trinajstić information content (AvgIpc) is 3.34. The summed E-state index contributed by atoms with van der Waals surface area (Å²) in [6, 6.07) is 9.45. The van der Waals surface area contributed by atoms with Gasteiger partial charge in [0.1, 0.15) is 5.75 Å². The lowest BCUT2D eigenvalue weighted by Gasteiger charge is -2.43. The van der Waals surface area contributed by atoms with Gasteiger partial charge in [-0.25, -0.2) is 4.79 Å². The van der Waals surface area contributed by atoms with Gasteiger partial charge in [0.25, 0.3) is 0 Å². The second kappa shape index (κ2) is 10.9. The molecule has 198 valence electrons. The Kier molecular flexibility index (Phi) is 7.43. The van der Waals surface area contributed by atoms with E-state index in [0.29, 0.717) is 50.8 Å². The molecule has 2 amide bonds. The highest BCUT2D eigenvalue weighted by molar-refractivity contribution is 5.84. The number of H-pyrrole nitrogens is 1. The molecule has 3 aromatic rings. The number of aromatic amines is 1. The Morgan fingerprint density at radius 3 is 2.62 bits per heavy atom. The van der Waals surface area contributed by atoms with E-state index in [1.54, 1.807) is 14.2 Å². The Balaban J connectivity index is 1.52. The zero-order valence-electron chi connectivity index (χ0n) is 21.7. The third kappa shape index (κ3) is 4.93. The number of urea groups is 1. The minimum absolute atomic E-state index is 0.0765. The van der Waals surface area contributed by atoms with Crippen LogP contribution in [0.2, 0.25) is 0 Å². The number of benzene rings is 2. The number of hydrogen-bond donors (Lipinski definition) is 2. The van der Waals surface area contributed by atoms with E-state index in [2.05, 4.69) is 4.98 Å². The molecular formula is C28H35N3O6. The fourth-order valence-electron chi connectivity index (χ4n) is 5.42. The van der Waals surface area contributed by atoms with E-state index >= 15 is 0 Å². The molecule has 0 aliphatic carbocycles. The molecule has 2 N–H and O–H groups in total. The van der Waals surface area contributed by atoms with Crippen LogP contribution in [0, 0.1) is 0 Å². The van der Waals surface area contributed by atoms with Crippen LogP contribution >= 0.6 is 0 Å². The van der Waals surface area contributed by atoms with E-state index < -0.39 is 6.10 Å². The van der Waals surface area contributed by atoms with Gasteiger partial charge in [-0.1, -0.05) is 0 Å². The first-order valence-electron chi connectivity index (χ1n) is 12.8. The molecule has 9 heteroatoms. The van der Waals surface area contributed by atoms with Crippen molar-refractivity contribution >= 4 is 16.9 Å². The molecule has 0 radical (unpaired) electrons. The molecular weight excluding hydrogens is 474 g/mol. The smallest absolute Gasteiger partial charge is 0.320 e. The Morgan fingerprint density at radius 2 is 1.89 bits per heavy atom. The summed E-state index contributed by atoms with van der Waals surface area (Å²) in [5.74, 6) is 1.99. The van der Waals surface area contributed by atoms with E-state index in [1.165, 1.54) is 0 Å². The maximum Gasteiger partial charge on any atom is 0.320 e. The molecule has 9 nitrogen and oxygen atoms in total. The van der Waals surface area contributed by atoms with Crippen LogP contribution in [0.4, 0.5) is 4.79 Å². The molecule has 2 unspecified atom stereocenters. The molecule has 1 fully saturated rings. The Labute approximate surface area is 216 Å². The van der Waals surface area contributed by atoms with Gasteiger partial charge < -0.3 is 38.8 Å². The molecule has 0 bridgehead atoms. The number of methoxy groups -OCH3 is 2. The zero-order valence-corrected chi connectivity index (χ0v) is 21.7. The first kappa shape index (κ1) is 25.2. The number of carbonyl (C=O) groups excluding carboxylic acids is 1. The second-order valence-electron chi connectivity index (χ2n) is 9.40. The number of aryl methyl sites for hydroxylation is 1. The Morgan fingerprint density at radius 1 is 1.11 bits per heavy atom. The highest BCUT2D eigenvalue weighted by Gasteiger charge is 2.38. The first-order valence-corrected chi connectivity index (χ1v) is 12.8. The molecule has 2 atom stereocenters. The number of aliphatic hydroxyl groups excluding tert-OH is 1. The third-order valence-electron chi connectivity index (χ3n) is 7.32. The van der Waals surface area contributed by atoms with Crippen molar-refractivity contribution in [3.63, 3.8) is 0 Å². The summed E-state index contributed by atoms with van der Waals surface area (Å²) in [4.78, 5) is 20.7. The summed E-state index contributed by atoms with van der Waals surface area (Å²) in [6.45, 7) is 4.74. The van der Waals surface area contributed by atoms with Gasteiger partial charge in [-0.15, -0.1) is 0 Å². The van der Waals surface area contributed by atoms with Crippen LogP contribution in [0.15, 0.2) is 36.5 Å². The van der Waals surface area contributed by atoms with E-state index in [0.717, 1.165) is 39.8 Å². The lowest BCUT2D eigenvalue weighted by molar-refractivity contribution is 0.0248. The molecule has 0 saturated carbocycles. The Hall–Kier alpha value is -3.43. The maximum atomic E-state index is 13.7. The van der Waals surface area contributed by atoms with Crippen molar-refractivity contribution in [1.29, 1.82) is 0 Å². The first-order chi connectivity index (χ1) is 18.0. The van der Waals surface area contributed by atoms with Gasteiger partial charge in [0, 0.05) is 30.2 Å². The molecule has 2 aliphatic heterocycles. The molecule has 1 saturated heterocycles. The second-order valence-corrected chi connectivity index (χ2v) is 9.40. The lowest BCUT2D eigenvalue weighted by Crippen LogP contribution is -2.52. The number of β-amino-alcohol motifs (C(OH)–C–C–N with tert-alkyl or cyclic N) is 1. The number of nitrogens with zero attached hydrogens (tertiary/aromatic N) is 2. The summed E-state index contributed by atoms with van der Waals surface area (Å²) in [6.07, 6.45) is 2.61. The fourth-order valence-corrected chi connectivity index (χ4v) is 5.42. The largest absolute Gasteiger partial charge is 0.497 e. The van der Waals surface area contributed by atoms with E-state index in [1.807, 2.05) is 53.3 Å². The monoisotopic (exact) mass is 509 g/mol. The molecule has 2 aromatic carbocycles. The van der Waals surface area contributed by atoms with Crippen LogP contribution in [0.25, 0.3) is 10.9 Å². The summed E-state index contributed by atoms with van der Waals surface area (Å²) < 4.78 is 22.3. The zero-order chi connectivity index (χ0) is 25.9. The molecule has 3 heterocycles. The summed E-state index contributed by atoms with van der Waals surface area (Å²) in [7, 11) is 3.26. The van der Waals surface area contributed by atoms with Crippen molar-refractivity contribution in [3.05, 3.63) is 53.2 Å². The van der Waals surface area contributed by atoms with E-state index in [4.69, 9.17) is 18.9 Å². The minimum Gasteiger partial charge on any atom is -0.497 e. The van der Waals surface area contributed by atoms with Crippen LogP contribution in [0.5, 0.6) is 17.2 Å². The van der Waals surface area contributed by atoms with Crippen molar-refractivity contribution in [3.8, 4) is 17.2 Å². The number of morpholine rings is 1. The minimum atomic E-state index is -0.821. The van der Waals surface area contributed by atoms with Gasteiger partial charge in [-0.05, 0) is 66.8 Å². The molecule has 1 aromatic heterocycles. The fraction of sp³-hybridized carbons (Fsp3) is 0.464. The van der Waals surface area contributed by atoms with Gasteiger partial charge in [0.05, 0.1) is 52.7 Å². The number of rotatable bonds is 7. The molecule has 37 heavy (non-hydrogen) atoms. The number of amides is 2. The quantitative estimate of drug-likeness (QED) is 0.499. The number of nitrogens with one attached hydrogen (secondary N) is 1. The highest BCUT2D eigenvalue weighted by Crippen LogP contribution is 2.44. The lowest BCUT2D eigenvalue weighted by atomic mass is 9.87. The number of carbonyl (C=O) groups is 1. The maximum absolute atomic E-state index is 13.7. The number of aromatic nitrogens is 1. The van der Waals surface area contributed by atoms with Crippen LogP contribution in [-0.2, 0) is 11.2 Å². The van der Waals surface area contributed by atoms with Gasteiger partial charge in [-0.2, -0.15) is 0 Å². The van der Waals surface area contributed by atoms with Crippen LogP contribution in [0.1, 0.15) is 42.2 Å². The van der Waals surface area contributed by atoms with Gasteiger partial charge in [0.2, 0.25) is 0 Å². The highest BCUT2D eigenvalue weighted by atomic mass is 16.5. The predicted octanol–water partition coefficient (Wildman–Crippen LogP) is 4.06. The number of ether oxygens (including phenoxy) is 4. The van der Waals surface area contributed by atoms with Crippen LogP contribution in [-0.4, -0.2) is 79.6 Å². The molecule has 5 rings (SSSR count). The van der Waals surface area contributed by atoms with E-state index in [9.17, 15) is 9.90 Å². The summed E-state index contributed by atoms with van der Waals surface area (Å²) in [5.41, 5.74) is 3.86. The van der Waals surface area contributed by atoms with Crippen LogP contribution in [0.3, 0.4) is 0 Å². The van der Waals surface area contributed by atoms with Crippen molar-refractivity contribution in [2.45, 2.75) is 31.9 Å². The average molecular weight is 510 g/mol. The topological polar surface area (TPSA) is 96.5 Å². The number of fused-ring (bicyclic) bond motifs is 2. The predicted molar refractivity (Wildman–Crippen MR) is 140 cm³/mol. The normalized spacial score (nSPS) is 19.6. The number of aliphatic hydroxyl groups is 1. The molecule has 2 aliphatic rings. The standard InChI is InChI=1S/C28H35N3O6/c1-4-37-27-14-21-22(15-26(27)35-3)25(32)17-31(28(33)30-9-11-36-12-10-30)24(21)8-5-18-16-29-23-7-6-19(34-2)13-20(18)23/h6-7,13-16,24-25,29,32H,4-5,8-12,17H2,1-3H3. The van der Waals surface area contributed by atoms with Crippen molar-refractivity contribution in [2.75, 3.05) is 53.7 Å². The van der Waals surface area contributed by atoms with Crippen molar-refractivity contribution < 1.29 is 28.8 Å². The van der Waals surface area contributed by atoms with Crippen molar-refractivity contribution in [1.82, 2.24) is 14.8 Å². The van der Waals surface area contributed by atoms with E-state index in [-0.39, 0.29) is 18.6 Å². The van der Waals surface area contributed by atoms with Gasteiger partial charge in [0.15, 0.2) is 11.5 Å². The van der Waals surface area contributed by atoms with Gasteiger partial charge >= 0.3 is 6.03 Å². The molecule has 0 spiro atoms.